The van der Waals surface area contributed by atoms with Crippen molar-refractivity contribution in [1.29, 1.82) is 0 Å². The van der Waals surface area contributed by atoms with Crippen LogP contribution in [0.5, 0.6) is 5.75 Å². The monoisotopic (exact) mass is 499 g/mol. The molecule has 0 fully saturated rings. The van der Waals surface area contributed by atoms with Crippen molar-refractivity contribution in [3.63, 3.8) is 0 Å². The smallest absolute Gasteiger partial charge is 0.259 e. The normalized spacial score (nSPS) is 11.1. The first-order valence-corrected chi connectivity index (χ1v) is 10.4. The summed E-state index contributed by atoms with van der Waals surface area (Å²) in [5.41, 5.74) is 0.927. The molecule has 0 unspecified atom stereocenters. The van der Waals surface area contributed by atoms with Gasteiger partial charge in [-0.3, -0.25) is 4.79 Å². The molecule has 1 amide bonds. The van der Waals surface area contributed by atoms with Gasteiger partial charge in [-0.05, 0) is 59.0 Å². The van der Waals surface area contributed by atoms with Crippen LogP contribution in [0.4, 0.5) is 18.9 Å². The summed E-state index contributed by atoms with van der Waals surface area (Å²) in [6.07, 6.45) is 1.22. The van der Waals surface area contributed by atoms with Crippen molar-refractivity contribution in [2.75, 3.05) is 5.32 Å². The average molecular weight is 500 g/mol. The maximum Gasteiger partial charge on any atom is 0.259 e. The SMILES string of the molecule is O=C(Nc1ccc(OCc2cc(F)c(Cl)cc2F)cc1)c1coc2cc(-c3nnn[nH]3)c(F)cc12. The van der Waals surface area contributed by atoms with Crippen LogP contribution in [0.1, 0.15) is 15.9 Å². The molecule has 3 aromatic carbocycles. The number of nitrogens with one attached hydrogen (secondary N) is 2. The van der Waals surface area contributed by atoms with E-state index in [2.05, 4.69) is 25.9 Å². The molecule has 0 spiro atoms. The number of H-pyrrole nitrogens is 1. The molecule has 0 saturated heterocycles. The number of benzene rings is 3. The fourth-order valence-electron chi connectivity index (χ4n) is 3.35. The molecule has 0 bridgehead atoms. The fourth-order valence-corrected chi connectivity index (χ4v) is 3.50. The Morgan fingerprint density at radius 2 is 1.86 bits per heavy atom. The highest BCUT2D eigenvalue weighted by molar-refractivity contribution is 6.30. The molecule has 2 heterocycles. The zero-order chi connectivity index (χ0) is 24.5. The molecule has 2 aromatic heterocycles. The maximum atomic E-state index is 14.6. The number of ether oxygens (including phenoxy) is 1. The number of aromatic nitrogens is 4. The summed E-state index contributed by atoms with van der Waals surface area (Å²) in [5, 5.41) is 15.6. The van der Waals surface area contributed by atoms with Crippen LogP contribution in [0.2, 0.25) is 5.02 Å². The topological polar surface area (TPSA) is 106 Å². The maximum absolute atomic E-state index is 14.6. The Balaban J connectivity index is 1.28. The molecular weight excluding hydrogens is 487 g/mol. The minimum Gasteiger partial charge on any atom is -0.489 e. The van der Waals surface area contributed by atoms with Gasteiger partial charge in [-0.25, -0.2) is 18.3 Å². The average Bonchev–Trinajstić information content (AvgIpc) is 3.51. The van der Waals surface area contributed by atoms with E-state index in [0.29, 0.717) is 11.4 Å². The van der Waals surface area contributed by atoms with Crippen molar-refractivity contribution in [1.82, 2.24) is 20.6 Å². The second-order valence-corrected chi connectivity index (χ2v) is 7.76. The molecule has 35 heavy (non-hydrogen) atoms. The van der Waals surface area contributed by atoms with Crippen LogP contribution in [-0.2, 0) is 6.61 Å². The third-order valence-corrected chi connectivity index (χ3v) is 5.39. The minimum absolute atomic E-state index is 0.00563. The second kappa shape index (κ2) is 9.11. The number of anilines is 1. The zero-order valence-electron chi connectivity index (χ0n) is 17.5. The van der Waals surface area contributed by atoms with Crippen LogP contribution in [-0.4, -0.2) is 26.5 Å². The van der Waals surface area contributed by atoms with Gasteiger partial charge in [0.2, 0.25) is 0 Å². The van der Waals surface area contributed by atoms with Gasteiger partial charge in [0, 0.05) is 16.6 Å². The standard InChI is InChI=1S/C23H13ClF3N5O3/c24-17-8-18(25)11(5-20(17)27)9-34-13-3-1-12(2-4-13)28-23(33)16-10-35-21-7-15(19(26)6-14(16)21)22-29-31-32-30-22/h1-8,10H,9H2,(H,28,33)(H,29,30,31,32). The molecule has 176 valence electrons. The number of rotatable bonds is 6. The Hall–Kier alpha value is -4.38. The van der Waals surface area contributed by atoms with Crippen LogP contribution < -0.4 is 10.1 Å². The van der Waals surface area contributed by atoms with Crippen molar-refractivity contribution in [2.45, 2.75) is 6.61 Å². The van der Waals surface area contributed by atoms with Gasteiger partial charge in [-0.15, -0.1) is 5.10 Å². The van der Waals surface area contributed by atoms with Crippen molar-refractivity contribution < 1.29 is 27.1 Å². The van der Waals surface area contributed by atoms with Gasteiger partial charge < -0.3 is 14.5 Å². The van der Waals surface area contributed by atoms with E-state index in [1.807, 2.05) is 0 Å². The van der Waals surface area contributed by atoms with Gasteiger partial charge in [0.15, 0.2) is 5.82 Å². The molecule has 12 heteroatoms. The highest BCUT2D eigenvalue weighted by Crippen LogP contribution is 2.29. The molecule has 0 radical (unpaired) electrons. The van der Waals surface area contributed by atoms with E-state index in [4.69, 9.17) is 20.8 Å². The summed E-state index contributed by atoms with van der Waals surface area (Å²) < 4.78 is 52.9. The minimum atomic E-state index is -0.748. The van der Waals surface area contributed by atoms with Crippen LogP contribution in [0, 0.1) is 17.5 Å². The number of hydrogen-bond acceptors (Lipinski definition) is 6. The third kappa shape index (κ3) is 4.53. The number of furan rings is 1. The number of aromatic amines is 1. The van der Waals surface area contributed by atoms with E-state index < -0.39 is 23.4 Å². The van der Waals surface area contributed by atoms with Crippen molar-refractivity contribution in [3.05, 3.63) is 88.4 Å². The van der Waals surface area contributed by atoms with Gasteiger partial charge in [-0.2, -0.15) is 0 Å². The van der Waals surface area contributed by atoms with E-state index in [-0.39, 0.29) is 45.1 Å². The lowest BCUT2D eigenvalue weighted by atomic mass is 10.1. The van der Waals surface area contributed by atoms with E-state index in [1.165, 1.54) is 18.4 Å². The molecule has 0 aliphatic heterocycles. The summed E-state index contributed by atoms with van der Waals surface area (Å²) in [6, 6.07) is 10.6. The number of carbonyl (C=O) groups is 1. The summed E-state index contributed by atoms with van der Waals surface area (Å²) in [6.45, 7) is -0.218. The van der Waals surface area contributed by atoms with E-state index in [1.54, 1.807) is 24.3 Å². The number of tetrazole rings is 1. The Morgan fingerprint density at radius 1 is 1.06 bits per heavy atom. The van der Waals surface area contributed by atoms with Crippen LogP contribution in [0.25, 0.3) is 22.4 Å². The highest BCUT2D eigenvalue weighted by atomic mass is 35.5. The van der Waals surface area contributed by atoms with Crippen LogP contribution in [0.15, 0.2) is 59.2 Å². The van der Waals surface area contributed by atoms with Gasteiger partial charge in [0.1, 0.15) is 41.7 Å². The Bertz CT molecular complexity index is 1540. The first-order chi connectivity index (χ1) is 16.9. The van der Waals surface area contributed by atoms with Crippen molar-refractivity contribution in [3.8, 4) is 17.1 Å². The van der Waals surface area contributed by atoms with Gasteiger partial charge >= 0.3 is 0 Å². The molecule has 0 saturated carbocycles. The van der Waals surface area contributed by atoms with E-state index in [0.717, 1.165) is 12.1 Å². The lowest BCUT2D eigenvalue weighted by Crippen LogP contribution is -2.11. The predicted molar refractivity (Wildman–Crippen MR) is 119 cm³/mol. The molecule has 5 aromatic rings. The third-order valence-electron chi connectivity index (χ3n) is 5.10. The van der Waals surface area contributed by atoms with Gasteiger partial charge in [-0.1, -0.05) is 11.6 Å². The zero-order valence-corrected chi connectivity index (χ0v) is 18.2. The molecule has 2 N–H and O–H groups in total. The molecule has 8 nitrogen and oxygen atoms in total. The first kappa shape index (κ1) is 22.4. The largest absolute Gasteiger partial charge is 0.489 e. The van der Waals surface area contributed by atoms with Crippen molar-refractivity contribution >= 4 is 34.2 Å². The van der Waals surface area contributed by atoms with Crippen LogP contribution in [0.3, 0.4) is 0 Å². The quantitative estimate of drug-likeness (QED) is 0.298. The summed E-state index contributed by atoms with van der Waals surface area (Å²) in [5.74, 6) is -2.10. The first-order valence-electron chi connectivity index (χ1n) is 10.0. The van der Waals surface area contributed by atoms with Crippen LogP contribution >= 0.6 is 11.6 Å². The summed E-state index contributed by atoms with van der Waals surface area (Å²) in [4.78, 5) is 12.8. The van der Waals surface area contributed by atoms with Gasteiger partial charge in [0.05, 0.1) is 16.1 Å². The number of hydrogen-bond donors (Lipinski definition) is 2. The van der Waals surface area contributed by atoms with E-state index in [9.17, 15) is 18.0 Å². The number of amides is 1. The molecule has 5 rings (SSSR count). The summed E-state index contributed by atoms with van der Waals surface area (Å²) in [7, 11) is 0. The summed E-state index contributed by atoms with van der Waals surface area (Å²) >= 11 is 5.54. The number of carbonyl (C=O) groups excluding carboxylic acids is 1. The predicted octanol–water partition coefficient (Wildman–Crippen LogP) is 5.51. The van der Waals surface area contributed by atoms with Gasteiger partial charge in [0.25, 0.3) is 5.91 Å². The Morgan fingerprint density at radius 3 is 2.60 bits per heavy atom. The number of halogens is 4. The fraction of sp³-hybridized carbons (Fsp3) is 0.0435. The lowest BCUT2D eigenvalue weighted by Gasteiger charge is -2.09. The van der Waals surface area contributed by atoms with E-state index >= 15 is 0 Å². The Kier molecular flexibility index (Phi) is 5.83. The molecule has 0 atom stereocenters. The second-order valence-electron chi connectivity index (χ2n) is 7.35. The number of nitrogens with zero attached hydrogens (tertiary/aromatic N) is 3. The molecule has 0 aliphatic carbocycles. The lowest BCUT2D eigenvalue weighted by molar-refractivity contribution is 0.102. The molecule has 0 aliphatic rings. The molecular formula is C23H13ClF3N5O3. The Labute approximate surface area is 199 Å². The van der Waals surface area contributed by atoms with Crippen molar-refractivity contribution in [2.24, 2.45) is 0 Å². The highest BCUT2D eigenvalue weighted by Gasteiger charge is 2.19. The number of fused-ring (bicyclic) bond motifs is 1.